The Morgan fingerprint density at radius 3 is 2.35 bits per heavy atom. The minimum Gasteiger partial charge on any atom is -0.315 e. The highest BCUT2D eigenvalue weighted by Gasteiger charge is 2.24. The summed E-state index contributed by atoms with van der Waals surface area (Å²) >= 11 is 0. The number of fused-ring (bicyclic) bond motifs is 1. The second kappa shape index (κ2) is 5.28. The molecule has 1 aromatic carbocycles. The van der Waals surface area contributed by atoms with Crippen molar-refractivity contribution < 1.29 is 4.79 Å². The molecule has 3 heterocycles. The molecule has 0 fully saturated rings. The highest BCUT2D eigenvalue weighted by Crippen LogP contribution is 2.32. The number of anilines is 1. The standard InChI is InChI=1S/C18H14N4O/c1-22-17-3-2-12(4-13(17)6-18(22)23)14-5-15(8-19-7-14)16-9-20-11-21-10-16/h2-5,7-11H,6H2,1H3. The van der Waals surface area contributed by atoms with Crippen LogP contribution in [-0.2, 0) is 11.2 Å². The topological polar surface area (TPSA) is 59.0 Å². The van der Waals surface area contributed by atoms with Crippen LogP contribution in [-0.4, -0.2) is 27.9 Å². The highest BCUT2D eigenvalue weighted by molar-refractivity contribution is 6.01. The zero-order valence-corrected chi connectivity index (χ0v) is 12.6. The number of hydrogen-bond donors (Lipinski definition) is 0. The van der Waals surface area contributed by atoms with E-state index < -0.39 is 0 Å². The zero-order chi connectivity index (χ0) is 15.8. The zero-order valence-electron chi connectivity index (χ0n) is 12.6. The van der Waals surface area contributed by atoms with Crippen molar-refractivity contribution in [3.05, 3.63) is 60.9 Å². The van der Waals surface area contributed by atoms with Crippen LogP contribution in [0.3, 0.4) is 0 Å². The molecule has 23 heavy (non-hydrogen) atoms. The van der Waals surface area contributed by atoms with Crippen molar-refractivity contribution in [1.29, 1.82) is 0 Å². The predicted octanol–water partition coefficient (Wildman–Crippen LogP) is 2.72. The summed E-state index contributed by atoms with van der Waals surface area (Å²) in [6.45, 7) is 0. The Balaban J connectivity index is 1.75. The van der Waals surface area contributed by atoms with Gasteiger partial charge in [0.15, 0.2) is 0 Å². The number of benzene rings is 1. The average molecular weight is 302 g/mol. The lowest BCUT2D eigenvalue weighted by Gasteiger charge is -2.11. The Morgan fingerprint density at radius 1 is 0.870 bits per heavy atom. The molecular formula is C18H14N4O. The van der Waals surface area contributed by atoms with Crippen LogP contribution in [0.1, 0.15) is 5.56 Å². The molecule has 1 amide bonds. The molecule has 0 radical (unpaired) electrons. The van der Waals surface area contributed by atoms with E-state index in [1.54, 1.807) is 23.5 Å². The molecule has 0 bridgehead atoms. The van der Waals surface area contributed by atoms with Crippen LogP contribution in [0.25, 0.3) is 22.3 Å². The normalized spacial score (nSPS) is 13.3. The number of rotatable bonds is 2. The summed E-state index contributed by atoms with van der Waals surface area (Å²) < 4.78 is 0. The third-order valence-electron chi connectivity index (χ3n) is 4.12. The summed E-state index contributed by atoms with van der Waals surface area (Å²) in [6, 6.07) is 8.15. The maximum absolute atomic E-state index is 11.8. The van der Waals surface area contributed by atoms with E-state index in [4.69, 9.17) is 0 Å². The van der Waals surface area contributed by atoms with Gasteiger partial charge in [-0.1, -0.05) is 6.07 Å². The molecule has 0 atom stereocenters. The summed E-state index contributed by atoms with van der Waals surface area (Å²) in [4.78, 5) is 25.9. The molecule has 4 rings (SSSR count). The van der Waals surface area contributed by atoms with Crippen LogP contribution in [0, 0.1) is 0 Å². The van der Waals surface area contributed by atoms with Gasteiger partial charge in [0, 0.05) is 54.2 Å². The van der Waals surface area contributed by atoms with E-state index in [0.29, 0.717) is 6.42 Å². The van der Waals surface area contributed by atoms with Gasteiger partial charge in [0.2, 0.25) is 5.91 Å². The Bertz CT molecular complexity index is 893. The second-order valence-electron chi connectivity index (χ2n) is 5.56. The van der Waals surface area contributed by atoms with Crippen molar-refractivity contribution >= 4 is 11.6 Å². The Kier molecular flexibility index (Phi) is 3.12. The minimum absolute atomic E-state index is 0.130. The van der Waals surface area contributed by atoms with Gasteiger partial charge < -0.3 is 4.90 Å². The number of nitrogens with zero attached hydrogens (tertiary/aromatic N) is 4. The lowest BCUT2D eigenvalue weighted by molar-refractivity contribution is -0.117. The van der Waals surface area contributed by atoms with Crippen molar-refractivity contribution in [2.45, 2.75) is 6.42 Å². The fourth-order valence-corrected chi connectivity index (χ4v) is 2.85. The van der Waals surface area contributed by atoms with Crippen LogP contribution in [0.15, 0.2) is 55.4 Å². The van der Waals surface area contributed by atoms with Crippen molar-refractivity contribution in [1.82, 2.24) is 15.0 Å². The Hall–Kier alpha value is -3.08. The number of likely N-dealkylation sites (N-methyl/N-ethyl adjacent to an activating group) is 1. The van der Waals surface area contributed by atoms with Crippen LogP contribution < -0.4 is 4.90 Å². The van der Waals surface area contributed by atoms with Gasteiger partial charge in [0.1, 0.15) is 6.33 Å². The molecule has 112 valence electrons. The third kappa shape index (κ3) is 2.36. The monoisotopic (exact) mass is 302 g/mol. The first-order chi connectivity index (χ1) is 11.2. The van der Waals surface area contributed by atoms with E-state index in [2.05, 4.69) is 27.1 Å². The van der Waals surface area contributed by atoms with Gasteiger partial charge in [-0.3, -0.25) is 9.78 Å². The quantitative estimate of drug-likeness (QED) is 0.730. The fraction of sp³-hybridized carbons (Fsp3) is 0.111. The van der Waals surface area contributed by atoms with E-state index in [-0.39, 0.29) is 5.91 Å². The lowest BCUT2D eigenvalue weighted by Crippen LogP contribution is -2.20. The molecule has 0 aliphatic carbocycles. The molecule has 1 aliphatic heterocycles. The van der Waals surface area contributed by atoms with Crippen LogP contribution in [0.4, 0.5) is 5.69 Å². The molecule has 0 spiro atoms. The highest BCUT2D eigenvalue weighted by atomic mass is 16.2. The number of aromatic nitrogens is 3. The van der Waals surface area contributed by atoms with Crippen molar-refractivity contribution in [2.75, 3.05) is 11.9 Å². The number of carbonyl (C=O) groups excluding carboxylic acids is 1. The molecule has 1 aliphatic rings. The van der Waals surface area contributed by atoms with Gasteiger partial charge in [0.25, 0.3) is 0 Å². The predicted molar refractivity (Wildman–Crippen MR) is 87.8 cm³/mol. The SMILES string of the molecule is CN1C(=O)Cc2cc(-c3cncc(-c4cncnc4)c3)ccc21. The van der Waals surface area contributed by atoms with Gasteiger partial charge in [0.05, 0.1) is 6.42 Å². The van der Waals surface area contributed by atoms with Crippen molar-refractivity contribution in [3.8, 4) is 22.3 Å². The first-order valence-electron chi connectivity index (χ1n) is 7.32. The molecule has 0 unspecified atom stereocenters. The molecule has 3 aromatic rings. The summed E-state index contributed by atoms with van der Waals surface area (Å²) in [5.41, 5.74) is 6.01. The van der Waals surface area contributed by atoms with Crippen molar-refractivity contribution in [3.63, 3.8) is 0 Å². The lowest BCUT2D eigenvalue weighted by atomic mass is 10.0. The van der Waals surface area contributed by atoms with Crippen LogP contribution in [0.5, 0.6) is 0 Å². The summed E-state index contributed by atoms with van der Waals surface area (Å²) in [5, 5.41) is 0. The third-order valence-corrected chi connectivity index (χ3v) is 4.12. The number of carbonyl (C=O) groups is 1. The molecule has 5 nitrogen and oxygen atoms in total. The Morgan fingerprint density at radius 2 is 1.57 bits per heavy atom. The van der Waals surface area contributed by atoms with Gasteiger partial charge in [-0.15, -0.1) is 0 Å². The molecular weight excluding hydrogens is 288 g/mol. The summed E-state index contributed by atoms with van der Waals surface area (Å²) in [5.74, 6) is 0.130. The molecule has 0 N–H and O–H groups in total. The van der Waals surface area contributed by atoms with Gasteiger partial charge in [-0.05, 0) is 29.3 Å². The smallest absolute Gasteiger partial charge is 0.231 e. The maximum atomic E-state index is 11.8. The number of pyridine rings is 1. The minimum atomic E-state index is 0.130. The average Bonchev–Trinajstić information content (AvgIpc) is 2.89. The van der Waals surface area contributed by atoms with Gasteiger partial charge in [-0.2, -0.15) is 0 Å². The number of hydrogen-bond acceptors (Lipinski definition) is 4. The molecule has 0 saturated heterocycles. The van der Waals surface area contributed by atoms with Crippen LogP contribution >= 0.6 is 0 Å². The fourth-order valence-electron chi connectivity index (χ4n) is 2.85. The van der Waals surface area contributed by atoms with E-state index in [1.807, 2.05) is 25.4 Å². The van der Waals surface area contributed by atoms with Crippen molar-refractivity contribution in [2.24, 2.45) is 0 Å². The van der Waals surface area contributed by atoms with E-state index in [1.165, 1.54) is 6.33 Å². The molecule has 5 heteroatoms. The second-order valence-corrected chi connectivity index (χ2v) is 5.56. The Labute approximate surface area is 133 Å². The first kappa shape index (κ1) is 13.6. The maximum Gasteiger partial charge on any atom is 0.231 e. The summed E-state index contributed by atoms with van der Waals surface area (Å²) in [7, 11) is 1.81. The molecule has 0 saturated carbocycles. The summed E-state index contributed by atoms with van der Waals surface area (Å²) in [6.07, 6.45) is 9.13. The van der Waals surface area contributed by atoms with E-state index in [9.17, 15) is 4.79 Å². The van der Waals surface area contributed by atoms with Gasteiger partial charge >= 0.3 is 0 Å². The number of amides is 1. The van der Waals surface area contributed by atoms with Gasteiger partial charge in [-0.25, -0.2) is 9.97 Å². The molecule has 2 aromatic heterocycles. The largest absolute Gasteiger partial charge is 0.315 e. The van der Waals surface area contributed by atoms with E-state index >= 15 is 0 Å². The van der Waals surface area contributed by atoms with E-state index in [0.717, 1.165) is 33.5 Å². The first-order valence-corrected chi connectivity index (χ1v) is 7.32. The van der Waals surface area contributed by atoms with Crippen LogP contribution in [0.2, 0.25) is 0 Å².